The predicted molar refractivity (Wildman–Crippen MR) is 122 cm³/mol. The molecule has 2 aromatic carbocycles. The van der Waals surface area contributed by atoms with Gasteiger partial charge in [0.05, 0.1) is 11.0 Å². The third-order valence-electron chi connectivity index (χ3n) is 5.26. The zero-order valence-corrected chi connectivity index (χ0v) is 18.1. The van der Waals surface area contributed by atoms with Crippen LogP contribution in [0.15, 0.2) is 54.7 Å². The molecular weight excluding hydrogens is 390 g/mol. The Morgan fingerprint density at radius 1 is 1.13 bits per heavy atom. The average molecular weight is 415 g/mol. The number of carbonyl (C=O) groups is 1. The molecule has 158 valence electrons. The van der Waals surface area contributed by atoms with Gasteiger partial charge in [0, 0.05) is 38.1 Å². The van der Waals surface area contributed by atoms with Gasteiger partial charge in [0.25, 0.3) is 5.91 Å². The predicted octanol–water partition coefficient (Wildman–Crippen LogP) is 4.73. The fourth-order valence-electron chi connectivity index (χ4n) is 3.53. The van der Waals surface area contributed by atoms with Gasteiger partial charge in [-0.25, -0.2) is 4.98 Å². The van der Waals surface area contributed by atoms with Crippen LogP contribution in [0, 0.1) is 6.92 Å². The highest BCUT2D eigenvalue weighted by atomic mass is 16.5. The van der Waals surface area contributed by atoms with Gasteiger partial charge in [-0.15, -0.1) is 0 Å². The second-order valence-electron chi connectivity index (χ2n) is 7.29. The van der Waals surface area contributed by atoms with Crippen molar-refractivity contribution < 1.29 is 9.53 Å². The SMILES string of the molecule is CCc1cccc(C)c1Nc1nc2cc(Oc3ccnc(C(=O)NC)c3)ccc2n1C. The molecule has 0 spiro atoms. The number of rotatable bonds is 6. The number of benzene rings is 2. The van der Waals surface area contributed by atoms with Crippen LogP contribution >= 0.6 is 0 Å². The summed E-state index contributed by atoms with van der Waals surface area (Å²) in [7, 11) is 3.55. The number of fused-ring (bicyclic) bond motifs is 1. The van der Waals surface area contributed by atoms with Gasteiger partial charge in [-0.2, -0.15) is 0 Å². The lowest BCUT2D eigenvalue weighted by Gasteiger charge is -2.13. The normalized spacial score (nSPS) is 10.8. The maximum Gasteiger partial charge on any atom is 0.269 e. The summed E-state index contributed by atoms with van der Waals surface area (Å²) in [6.07, 6.45) is 2.49. The molecule has 0 aliphatic carbocycles. The molecule has 7 heteroatoms. The van der Waals surface area contributed by atoms with Crippen molar-refractivity contribution in [2.24, 2.45) is 7.05 Å². The van der Waals surface area contributed by atoms with Gasteiger partial charge in [0.15, 0.2) is 0 Å². The number of pyridine rings is 1. The molecule has 2 heterocycles. The highest BCUT2D eigenvalue weighted by molar-refractivity contribution is 5.92. The number of carbonyl (C=O) groups excluding carboxylic acids is 1. The average Bonchev–Trinajstić information content (AvgIpc) is 3.09. The van der Waals surface area contributed by atoms with Gasteiger partial charge in [-0.3, -0.25) is 9.78 Å². The van der Waals surface area contributed by atoms with E-state index in [1.807, 2.05) is 29.8 Å². The molecule has 7 nitrogen and oxygen atoms in total. The topological polar surface area (TPSA) is 81.1 Å². The Labute approximate surface area is 181 Å². The van der Waals surface area contributed by atoms with Crippen LogP contribution in [0.3, 0.4) is 0 Å². The smallest absolute Gasteiger partial charge is 0.269 e. The van der Waals surface area contributed by atoms with Gasteiger partial charge in [0.1, 0.15) is 17.2 Å². The lowest BCUT2D eigenvalue weighted by Crippen LogP contribution is -2.18. The van der Waals surface area contributed by atoms with Crippen molar-refractivity contribution in [2.75, 3.05) is 12.4 Å². The molecular formula is C24H25N5O2. The summed E-state index contributed by atoms with van der Waals surface area (Å²) in [6, 6.07) is 15.4. The summed E-state index contributed by atoms with van der Waals surface area (Å²) in [5.74, 6) is 1.68. The molecule has 0 unspecified atom stereocenters. The highest BCUT2D eigenvalue weighted by Gasteiger charge is 2.13. The molecule has 0 saturated heterocycles. The number of aromatic nitrogens is 3. The first-order valence-corrected chi connectivity index (χ1v) is 10.2. The summed E-state index contributed by atoms with van der Waals surface area (Å²) in [5, 5.41) is 6.06. The van der Waals surface area contributed by atoms with Crippen molar-refractivity contribution in [3.8, 4) is 11.5 Å². The first-order valence-electron chi connectivity index (χ1n) is 10.2. The Hall–Kier alpha value is -3.87. The van der Waals surface area contributed by atoms with Crippen LogP contribution in [-0.4, -0.2) is 27.5 Å². The standard InChI is InChI=1S/C24H25N5O2/c1-5-16-8-6-7-15(2)22(16)28-24-27-19-13-17(9-10-21(19)29(24)4)31-18-11-12-26-20(14-18)23(30)25-3/h6-14H,5H2,1-4H3,(H,25,30)(H,27,28). The van der Waals surface area contributed by atoms with E-state index in [2.05, 4.69) is 47.7 Å². The molecule has 0 saturated carbocycles. The van der Waals surface area contributed by atoms with E-state index in [9.17, 15) is 4.79 Å². The molecule has 0 aliphatic heterocycles. The maximum atomic E-state index is 11.8. The molecule has 0 bridgehead atoms. The number of hydrogen-bond donors (Lipinski definition) is 2. The maximum absolute atomic E-state index is 11.8. The summed E-state index contributed by atoms with van der Waals surface area (Å²) in [6.45, 7) is 4.24. The molecule has 4 aromatic rings. The van der Waals surface area contributed by atoms with Crippen molar-refractivity contribution in [3.05, 3.63) is 71.5 Å². The molecule has 1 amide bonds. The van der Waals surface area contributed by atoms with Crippen LogP contribution in [0.4, 0.5) is 11.6 Å². The van der Waals surface area contributed by atoms with Crippen molar-refractivity contribution in [1.29, 1.82) is 0 Å². The third kappa shape index (κ3) is 4.07. The molecule has 31 heavy (non-hydrogen) atoms. The van der Waals surface area contributed by atoms with Gasteiger partial charge < -0.3 is 19.9 Å². The number of anilines is 2. The minimum absolute atomic E-state index is 0.260. The van der Waals surface area contributed by atoms with E-state index in [1.165, 1.54) is 11.1 Å². The molecule has 0 fully saturated rings. The van der Waals surface area contributed by atoms with Gasteiger partial charge in [-0.05, 0) is 42.7 Å². The number of para-hydroxylation sites is 1. The van der Waals surface area contributed by atoms with E-state index in [1.54, 1.807) is 25.4 Å². The fraction of sp³-hybridized carbons (Fsp3) is 0.208. The monoisotopic (exact) mass is 415 g/mol. The van der Waals surface area contributed by atoms with Crippen LogP contribution in [0.5, 0.6) is 11.5 Å². The molecule has 2 aromatic heterocycles. The molecule has 0 atom stereocenters. The van der Waals surface area contributed by atoms with E-state index in [0.717, 1.165) is 29.1 Å². The van der Waals surface area contributed by atoms with E-state index in [4.69, 9.17) is 9.72 Å². The number of hydrogen-bond acceptors (Lipinski definition) is 5. The zero-order chi connectivity index (χ0) is 22.0. The minimum atomic E-state index is -0.260. The van der Waals surface area contributed by atoms with Gasteiger partial charge in [-0.1, -0.05) is 25.1 Å². The van der Waals surface area contributed by atoms with Crippen molar-refractivity contribution in [3.63, 3.8) is 0 Å². The van der Waals surface area contributed by atoms with E-state index in [-0.39, 0.29) is 5.91 Å². The van der Waals surface area contributed by atoms with Crippen molar-refractivity contribution >= 4 is 28.6 Å². The van der Waals surface area contributed by atoms with E-state index in [0.29, 0.717) is 17.2 Å². The highest BCUT2D eigenvalue weighted by Crippen LogP contribution is 2.30. The second-order valence-corrected chi connectivity index (χ2v) is 7.29. The Bertz CT molecular complexity index is 1260. The van der Waals surface area contributed by atoms with Gasteiger partial charge in [0.2, 0.25) is 5.95 Å². The van der Waals surface area contributed by atoms with Crippen LogP contribution in [0.2, 0.25) is 0 Å². The van der Waals surface area contributed by atoms with E-state index < -0.39 is 0 Å². The number of imidazole rings is 1. The largest absolute Gasteiger partial charge is 0.457 e. The summed E-state index contributed by atoms with van der Waals surface area (Å²) < 4.78 is 7.98. The van der Waals surface area contributed by atoms with Crippen molar-refractivity contribution in [1.82, 2.24) is 19.9 Å². The number of ether oxygens (including phenoxy) is 1. The summed E-state index contributed by atoms with van der Waals surface area (Å²) >= 11 is 0. The van der Waals surface area contributed by atoms with Crippen LogP contribution in [-0.2, 0) is 13.5 Å². The number of nitrogens with zero attached hydrogens (tertiary/aromatic N) is 3. The van der Waals surface area contributed by atoms with E-state index >= 15 is 0 Å². The molecule has 0 aliphatic rings. The number of aryl methyl sites for hydroxylation is 3. The Morgan fingerprint density at radius 3 is 2.71 bits per heavy atom. The molecule has 0 radical (unpaired) electrons. The minimum Gasteiger partial charge on any atom is -0.457 e. The summed E-state index contributed by atoms with van der Waals surface area (Å²) in [5.41, 5.74) is 5.63. The lowest BCUT2D eigenvalue weighted by atomic mass is 10.1. The van der Waals surface area contributed by atoms with Crippen LogP contribution in [0.1, 0.15) is 28.5 Å². The third-order valence-corrected chi connectivity index (χ3v) is 5.26. The Kier molecular flexibility index (Phi) is 5.58. The summed E-state index contributed by atoms with van der Waals surface area (Å²) in [4.78, 5) is 20.6. The zero-order valence-electron chi connectivity index (χ0n) is 18.1. The first-order chi connectivity index (χ1) is 15.0. The lowest BCUT2D eigenvalue weighted by molar-refractivity contribution is 0.0958. The molecule has 4 rings (SSSR count). The molecule has 2 N–H and O–H groups in total. The van der Waals surface area contributed by atoms with Crippen LogP contribution < -0.4 is 15.4 Å². The number of nitrogens with one attached hydrogen (secondary N) is 2. The Morgan fingerprint density at radius 2 is 1.94 bits per heavy atom. The quantitative estimate of drug-likeness (QED) is 0.476. The first kappa shape index (κ1) is 20.4. The second kappa shape index (κ2) is 8.47. The van der Waals surface area contributed by atoms with Crippen molar-refractivity contribution in [2.45, 2.75) is 20.3 Å². The van der Waals surface area contributed by atoms with Crippen LogP contribution in [0.25, 0.3) is 11.0 Å². The number of amides is 1. The van der Waals surface area contributed by atoms with Gasteiger partial charge >= 0.3 is 0 Å². The fourth-order valence-corrected chi connectivity index (χ4v) is 3.53. The Balaban J connectivity index is 1.64.